The standard InChI is InChI=1S/C23H20FN3O3/c1-14-11-17(12-21-22(28)26-23(29)25-21)15(2)27(14)19-7-9-20(10-8-19)30-13-16-3-5-18(24)6-4-16/h3-12H,13H2,1-2H3,(H2,25,26,28,29)/b21-12+. The Hall–Kier alpha value is -3.87. The number of carbonyl (C=O) groups is 2. The Bertz CT molecular complexity index is 1150. The number of nitrogens with one attached hydrogen (secondary N) is 2. The summed E-state index contributed by atoms with van der Waals surface area (Å²) in [6.45, 7) is 4.28. The molecule has 1 aromatic heterocycles. The van der Waals surface area contributed by atoms with Gasteiger partial charge in [0.05, 0.1) is 0 Å². The minimum Gasteiger partial charge on any atom is -0.489 e. The summed E-state index contributed by atoms with van der Waals surface area (Å²) in [5.74, 6) is -0.00260. The van der Waals surface area contributed by atoms with Crippen molar-refractivity contribution in [1.82, 2.24) is 15.2 Å². The Labute approximate surface area is 173 Å². The Balaban J connectivity index is 1.52. The lowest BCUT2D eigenvalue weighted by molar-refractivity contribution is -0.115. The molecule has 1 aliphatic heterocycles. The Morgan fingerprint density at radius 1 is 1.00 bits per heavy atom. The Morgan fingerprint density at radius 2 is 1.70 bits per heavy atom. The van der Waals surface area contributed by atoms with Crippen LogP contribution in [0, 0.1) is 19.7 Å². The number of ether oxygens (including phenoxy) is 1. The zero-order chi connectivity index (χ0) is 21.3. The van der Waals surface area contributed by atoms with E-state index in [4.69, 9.17) is 4.74 Å². The highest BCUT2D eigenvalue weighted by molar-refractivity contribution is 6.14. The number of hydrogen-bond donors (Lipinski definition) is 2. The number of imide groups is 1. The predicted octanol–water partition coefficient (Wildman–Crippen LogP) is 3.99. The van der Waals surface area contributed by atoms with Gasteiger partial charge in [-0.1, -0.05) is 12.1 Å². The minimum atomic E-state index is -0.517. The van der Waals surface area contributed by atoms with E-state index in [9.17, 15) is 14.0 Å². The van der Waals surface area contributed by atoms with Gasteiger partial charge in [0.25, 0.3) is 5.91 Å². The summed E-state index contributed by atoms with van der Waals surface area (Å²) in [7, 11) is 0. The quantitative estimate of drug-likeness (QED) is 0.498. The van der Waals surface area contributed by atoms with Crippen LogP contribution >= 0.6 is 0 Å². The van der Waals surface area contributed by atoms with Crippen LogP contribution in [0.15, 0.2) is 60.3 Å². The van der Waals surface area contributed by atoms with Gasteiger partial charge in [-0.05, 0) is 73.5 Å². The molecule has 3 amide bonds. The molecule has 3 aromatic rings. The maximum absolute atomic E-state index is 13.0. The monoisotopic (exact) mass is 405 g/mol. The van der Waals surface area contributed by atoms with Gasteiger partial charge >= 0.3 is 6.03 Å². The maximum atomic E-state index is 13.0. The summed E-state index contributed by atoms with van der Waals surface area (Å²) in [5.41, 5.74) is 4.83. The number of benzene rings is 2. The van der Waals surface area contributed by atoms with Crippen LogP contribution in [0.25, 0.3) is 11.8 Å². The van der Waals surface area contributed by atoms with E-state index in [0.717, 1.165) is 28.2 Å². The van der Waals surface area contributed by atoms with Gasteiger partial charge in [-0.25, -0.2) is 9.18 Å². The summed E-state index contributed by atoms with van der Waals surface area (Å²) in [5, 5.41) is 4.70. The maximum Gasteiger partial charge on any atom is 0.326 e. The van der Waals surface area contributed by atoms with E-state index in [0.29, 0.717) is 12.4 Å². The molecule has 1 aliphatic rings. The van der Waals surface area contributed by atoms with Crippen LogP contribution in [-0.2, 0) is 11.4 Å². The van der Waals surface area contributed by atoms with Gasteiger partial charge in [-0.2, -0.15) is 0 Å². The van der Waals surface area contributed by atoms with Crippen molar-refractivity contribution in [2.75, 3.05) is 0 Å². The van der Waals surface area contributed by atoms with Gasteiger partial charge in [-0.3, -0.25) is 10.1 Å². The minimum absolute atomic E-state index is 0.227. The van der Waals surface area contributed by atoms with Crippen molar-refractivity contribution in [3.05, 3.63) is 88.6 Å². The lowest BCUT2D eigenvalue weighted by Gasteiger charge is -2.11. The van der Waals surface area contributed by atoms with E-state index in [1.807, 2.05) is 44.2 Å². The molecular weight excluding hydrogens is 385 g/mol. The molecule has 4 rings (SSSR count). The smallest absolute Gasteiger partial charge is 0.326 e. The molecular formula is C23H20FN3O3. The lowest BCUT2D eigenvalue weighted by Crippen LogP contribution is -2.22. The summed E-state index contributed by atoms with van der Waals surface area (Å²) < 4.78 is 20.8. The van der Waals surface area contributed by atoms with E-state index in [-0.39, 0.29) is 11.5 Å². The van der Waals surface area contributed by atoms with Crippen LogP contribution < -0.4 is 15.4 Å². The first kappa shape index (κ1) is 19.4. The lowest BCUT2D eigenvalue weighted by atomic mass is 10.2. The van der Waals surface area contributed by atoms with E-state index in [2.05, 4.69) is 15.2 Å². The normalized spacial score (nSPS) is 14.7. The highest BCUT2D eigenvalue weighted by Gasteiger charge is 2.23. The number of nitrogens with zero attached hydrogens (tertiary/aromatic N) is 1. The zero-order valence-electron chi connectivity index (χ0n) is 16.5. The highest BCUT2D eigenvalue weighted by Crippen LogP contribution is 2.25. The molecule has 1 saturated heterocycles. The van der Waals surface area contributed by atoms with Crippen LogP contribution in [0.2, 0.25) is 0 Å². The first-order chi connectivity index (χ1) is 14.4. The Kier molecular flexibility index (Phi) is 5.10. The van der Waals surface area contributed by atoms with E-state index < -0.39 is 11.9 Å². The second-order valence-electron chi connectivity index (χ2n) is 7.04. The summed E-state index contributed by atoms with van der Waals surface area (Å²) in [6, 6.07) is 15.3. The molecule has 0 atom stereocenters. The fourth-order valence-electron chi connectivity index (χ4n) is 3.41. The van der Waals surface area contributed by atoms with Crippen LogP contribution in [0.1, 0.15) is 22.5 Å². The van der Waals surface area contributed by atoms with Gasteiger partial charge in [0.2, 0.25) is 0 Å². The molecule has 0 radical (unpaired) electrons. The summed E-state index contributed by atoms with van der Waals surface area (Å²) in [6.07, 6.45) is 1.67. The number of rotatable bonds is 5. The molecule has 0 aliphatic carbocycles. The van der Waals surface area contributed by atoms with Gasteiger partial charge in [0, 0.05) is 17.1 Å². The molecule has 152 valence electrons. The van der Waals surface area contributed by atoms with Crippen molar-refractivity contribution in [3.63, 3.8) is 0 Å². The summed E-state index contributed by atoms with van der Waals surface area (Å²) >= 11 is 0. The van der Waals surface area contributed by atoms with Crippen LogP contribution in [0.3, 0.4) is 0 Å². The fraction of sp³-hybridized carbons (Fsp3) is 0.130. The first-order valence-electron chi connectivity index (χ1n) is 9.41. The number of aromatic nitrogens is 1. The first-order valence-corrected chi connectivity index (χ1v) is 9.41. The molecule has 6 nitrogen and oxygen atoms in total. The number of aryl methyl sites for hydroxylation is 1. The molecule has 30 heavy (non-hydrogen) atoms. The molecule has 2 aromatic carbocycles. The molecule has 0 bridgehead atoms. The number of halogens is 1. The van der Waals surface area contributed by atoms with Gasteiger partial charge in [0.15, 0.2) is 0 Å². The van der Waals surface area contributed by atoms with Crippen molar-refractivity contribution in [2.24, 2.45) is 0 Å². The molecule has 0 spiro atoms. The van der Waals surface area contributed by atoms with Crippen molar-refractivity contribution in [3.8, 4) is 11.4 Å². The van der Waals surface area contributed by atoms with Crippen molar-refractivity contribution < 1.29 is 18.7 Å². The second-order valence-corrected chi connectivity index (χ2v) is 7.04. The van der Waals surface area contributed by atoms with Crippen molar-refractivity contribution in [2.45, 2.75) is 20.5 Å². The van der Waals surface area contributed by atoms with Gasteiger partial charge in [0.1, 0.15) is 23.9 Å². The third kappa shape index (κ3) is 3.96. The van der Waals surface area contributed by atoms with Gasteiger partial charge in [-0.15, -0.1) is 0 Å². The molecule has 2 N–H and O–H groups in total. The van der Waals surface area contributed by atoms with E-state index in [1.54, 1.807) is 18.2 Å². The topological polar surface area (TPSA) is 72.4 Å². The molecule has 2 heterocycles. The van der Waals surface area contributed by atoms with Gasteiger partial charge < -0.3 is 14.6 Å². The number of urea groups is 1. The van der Waals surface area contributed by atoms with E-state index in [1.165, 1.54) is 12.1 Å². The molecule has 0 saturated carbocycles. The highest BCUT2D eigenvalue weighted by atomic mass is 19.1. The Morgan fingerprint density at radius 3 is 2.33 bits per heavy atom. The molecule has 7 heteroatoms. The molecule has 1 fully saturated rings. The average molecular weight is 405 g/mol. The van der Waals surface area contributed by atoms with Crippen LogP contribution in [0.4, 0.5) is 9.18 Å². The SMILES string of the molecule is Cc1cc(/C=C2/NC(=O)NC2=O)c(C)n1-c1ccc(OCc2ccc(F)cc2)cc1. The number of hydrogen-bond acceptors (Lipinski definition) is 3. The fourth-order valence-corrected chi connectivity index (χ4v) is 3.41. The predicted molar refractivity (Wildman–Crippen MR) is 111 cm³/mol. The number of amides is 3. The van der Waals surface area contributed by atoms with E-state index >= 15 is 0 Å². The van der Waals surface area contributed by atoms with Crippen LogP contribution in [0.5, 0.6) is 5.75 Å². The van der Waals surface area contributed by atoms with Crippen molar-refractivity contribution in [1.29, 1.82) is 0 Å². The third-order valence-electron chi connectivity index (χ3n) is 4.90. The van der Waals surface area contributed by atoms with Crippen molar-refractivity contribution >= 4 is 18.0 Å². The third-order valence-corrected chi connectivity index (χ3v) is 4.90. The zero-order valence-corrected chi connectivity index (χ0v) is 16.5. The second kappa shape index (κ2) is 7.87. The summed E-state index contributed by atoms with van der Waals surface area (Å²) in [4.78, 5) is 23.1. The molecule has 0 unspecified atom stereocenters. The number of carbonyl (C=O) groups excluding carboxylic acids is 2. The van der Waals surface area contributed by atoms with Crippen LogP contribution in [-0.4, -0.2) is 16.5 Å². The average Bonchev–Trinajstić information content (AvgIpc) is 3.19. The largest absolute Gasteiger partial charge is 0.489 e.